The molecule has 0 spiro atoms. The normalized spacial score (nSPS) is 11.2. The maximum Gasteiger partial charge on any atom is 0.303 e. The predicted octanol–water partition coefficient (Wildman–Crippen LogP) is 3.91. The highest BCUT2D eigenvalue weighted by molar-refractivity contribution is 9.10. The van der Waals surface area contributed by atoms with Crippen LogP contribution in [-0.2, 0) is 14.8 Å². The molecule has 0 unspecified atom stereocenters. The van der Waals surface area contributed by atoms with Gasteiger partial charge in [-0.2, -0.15) is 0 Å². The minimum Gasteiger partial charge on any atom is -0.492 e. The van der Waals surface area contributed by atoms with E-state index in [1.165, 1.54) is 16.4 Å². The number of aliphatic carboxylic acids is 1. The third-order valence-corrected chi connectivity index (χ3v) is 5.94. The van der Waals surface area contributed by atoms with Crippen molar-refractivity contribution in [2.45, 2.75) is 24.7 Å². The molecule has 0 radical (unpaired) electrons. The van der Waals surface area contributed by atoms with Gasteiger partial charge in [0.2, 0.25) is 0 Å². The molecule has 0 saturated heterocycles. The Balaban J connectivity index is 2.46. The van der Waals surface area contributed by atoms with Gasteiger partial charge in [0.05, 0.1) is 17.2 Å². The van der Waals surface area contributed by atoms with Crippen molar-refractivity contribution in [2.75, 3.05) is 17.5 Å². The maximum atomic E-state index is 13.2. The molecule has 0 aromatic heterocycles. The summed E-state index contributed by atoms with van der Waals surface area (Å²) < 4.78 is 33.9. The van der Waals surface area contributed by atoms with Gasteiger partial charge >= 0.3 is 5.97 Å². The first-order valence-electron chi connectivity index (χ1n) is 8.08. The summed E-state index contributed by atoms with van der Waals surface area (Å²) in [7, 11) is -3.87. The number of sulfonamides is 1. The van der Waals surface area contributed by atoms with E-state index in [-0.39, 0.29) is 24.3 Å². The van der Waals surface area contributed by atoms with Crippen molar-refractivity contribution in [3.63, 3.8) is 0 Å². The lowest BCUT2D eigenvalue weighted by molar-refractivity contribution is -0.137. The molecule has 140 valence electrons. The average molecular weight is 442 g/mol. The van der Waals surface area contributed by atoms with Gasteiger partial charge in [-0.1, -0.05) is 28.1 Å². The molecule has 0 aliphatic rings. The molecule has 26 heavy (non-hydrogen) atoms. The Kier molecular flexibility index (Phi) is 7.05. The van der Waals surface area contributed by atoms with Crippen LogP contribution in [0.5, 0.6) is 5.75 Å². The van der Waals surface area contributed by atoms with Crippen LogP contribution in [0.25, 0.3) is 0 Å². The molecule has 1 N–H and O–H groups in total. The highest BCUT2D eigenvalue weighted by Gasteiger charge is 2.27. The number of carboxylic acids is 1. The van der Waals surface area contributed by atoms with Gasteiger partial charge in [-0.15, -0.1) is 0 Å². The second-order valence-corrected chi connectivity index (χ2v) is 8.21. The molecule has 2 aromatic carbocycles. The number of ether oxygens (including phenoxy) is 1. The summed E-state index contributed by atoms with van der Waals surface area (Å²) in [6.45, 7) is 2.24. The molecule has 2 rings (SSSR count). The van der Waals surface area contributed by atoms with Crippen molar-refractivity contribution in [1.29, 1.82) is 0 Å². The number of carbonyl (C=O) groups is 1. The fourth-order valence-corrected chi connectivity index (χ4v) is 4.20. The number of carboxylic acid groups (broad SMARTS) is 1. The molecule has 0 saturated carbocycles. The van der Waals surface area contributed by atoms with Crippen LogP contribution in [0.2, 0.25) is 0 Å². The smallest absolute Gasteiger partial charge is 0.303 e. The number of para-hydroxylation sites is 2. The van der Waals surface area contributed by atoms with Gasteiger partial charge in [0, 0.05) is 17.4 Å². The minimum atomic E-state index is -3.87. The summed E-state index contributed by atoms with van der Waals surface area (Å²) in [4.78, 5) is 11.0. The number of nitrogens with zero attached hydrogens (tertiary/aromatic N) is 1. The second kappa shape index (κ2) is 9.05. The molecule has 6 nitrogen and oxygen atoms in total. The highest BCUT2D eigenvalue weighted by Crippen LogP contribution is 2.33. The SMILES string of the molecule is CCOc1ccccc1N(CCCC(=O)O)S(=O)(=O)c1ccc(Br)cc1. The lowest BCUT2D eigenvalue weighted by Crippen LogP contribution is -2.32. The maximum absolute atomic E-state index is 13.2. The largest absolute Gasteiger partial charge is 0.492 e. The Labute approximate surface area is 161 Å². The third-order valence-electron chi connectivity index (χ3n) is 3.59. The molecule has 2 aromatic rings. The fourth-order valence-electron chi connectivity index (χ4n) is 2.42. The average Bonchev–Trinajstić information content (AvgIpc) is 2.60. The number of anilines is 1. The van der Waals surface area contributed by atoms with Crippen molar-refractivity contribution in [1.82, 2.24) is 0 Å². The molecule has 8 heteroatoms. The van der Waals surface area contributed by atoms with Crippen molar-refractivity contribution in [3.8, 4) is 5.75 Å². The standard InChI is InChI=1S/C18H20BrNO5S/c1-2-25-17-7-4-3-6-16(17)20(13-5-8-18(21)22)26(23,24)15-11-9-14(19)10-12-15/h3-4,6-7,9-12H,2,5,8,13H2,1H3,(H,21,22). The highest BCUT2D eigenvalue weighted by atomic mass is 79.9. The van der Waals surface area contributed by atoms with Crippen molar-refractivity contribution >= 4 is 37.6 Å². The first kappa shape index (κ1) is 20.3. The van der Waals surface area contributed by atoms with Crippen LogP contribution in [0.15, 0.2) is 57.9 Å². The Hall–Kier alpha value is -2.06. The Morgan fingerprint density at radius 3 is 2.42 bits per heavy atom. The van der Waals surface area contributed by atoms with Gasteiger partial charge in [-0.25, -0.2) is 8.42 Å². The van der Waals surface area contributed by atoms with E-state index < -0.39 is 16.0 Å². The summed E-state index contributed by atoms with van der Waals surface area (Å²) in [6, 6.07) is 13.1. The lowest BCUT2D eigenvalue weighted by Gasteiger charge is -2.26. The summed E-state index contributed by atoms with van der Waals surface area (Å²) in [5.41, 5.74) is 0.391. The van der Waals surface area contributed by atoms with Gasteiger partial charge in [-0.3, -0.25) is 9.10 Å². The summed E-state index contributed by atoms with van der Waals surface area (Å²) in [5.74, 6) is -0.532. The van der Waals surface area contributed by atoms with Gasteiger partial charge in [0.1, 0.15) is 5.75 Å². The van der Waals surface area contributed by atoms with E-state index in [2.05, 4.69) is 15.9 Å². The van der Waals surface area contributed by atoms with Crippen LogP contribution in [0.1, 0.15) is 19.8 Å². The Morgan fingerprint density at radius 1 is 1.15 bits per heavy atom. The summed E-state index contributed by atoms with van der Waals surface area (Å²) >= 11 is 3.29. The van der Waals surface area contributed by atoms with Gasteiger partial charge in [0.25, 0.3) is 10.0 Å². The number of rotatable bonds is 9. The molecule has 0 aliphatic carbocycles. The monoisotopic (exact) mass is 441 g/mol. The molecular weight excluding hydrogens is 422 g/mol. The van der Waals surface area contributed by atoms with Gasteiger partial charge < -0.3 is 9.84 Å². The lowest BCUT2D eigenvalue weighted by atomic mass is 10.2. The van der Waals surface area contributed by atoms with Crippen LogP contribution >= 0.6 is 15.9 Å². The van der Waals surface area contributed by atoms with Crippen molar-refractivity contribution in [3.05, 3.63) is 53.0 Å². The molecular formula is C18H20BrNO5S. The second-order valence-electron chi connectivity index (χ2n) is 5.43. The number of hydrogen-bond donors (Lipinski definition) is 1. The topological polar surface area (TPSA) is 83.9 Å². The Morgan fingerprint density at radius 2 is 1.81 bits per heavy atom. The number of hydrogen-bond acceptors (Lipinski definition) is 4. The molecule has 0 heterocycles. The zero-order valence-corrected chi connectivity index (χ0v) is 16.7. The van der Waals surface area contributed by atoms with Crippen molar-refractivity contribution in [2.24, 2.45) is 0 Å². The number of benzene rings is 2. The van der Waals surface area contributed by atoms with Crippen molar-refractivity contribution < 1.29 is 23.1 Å². The van der Waals surface area contributed by atoms with Gasteiger partial charge in [-0.05, 0) is 49.7 Å². The van der Waals surface area contributed by atoms with E-state index in [0.717, 1.165) is 4.47 Å². The zero-order valence-electron chi connectivity index (χ0n) is 14.3. The summed E-state index contributed by atoms with van der Waals surface area (Å²) in [6.07, 6.45) is 0.0642. The number of halogens is 1. The summed E-state index contributed by atoms with van der Waals surface area (Å²) in [5, 5.41) is 8.89. The van der Waals surface area contributed by atoms with Crippen LogP contribution in [0.4, 0.5) is 5.69 Å². The van der Waals surface area contributed by atoms with Crippen LogP contribution in [0.3, 0.4) is 0 Å². The molecule has 0 fully saturated rings. The van der Waals surface area contributed by atoms with E-state index in [9.17, 15) is 13.2 Å². The van der Waals surface area contributed by atoms with E-state index >= 15 is 0 Å². The van der Waals surface area contributed by atoms with Gasteiger partial charge in [0.15, 0.2) is 0 Å². The third kappa shape index (κ3) is 4.98. The zero-order chi connectivity index (χ0) is 19.2. The Bertz CT molecular complexity index is 852. The van der Waals surface area contributed by atoms with Crippen LogP contribution < -0.4 is 9.04 Å². The van der Waals surface area contributed by atoms with E-state index in [1.54, 1.807) is 36.4 Å². The van der Waals surface area contributed by atoms with Crippen LogP contribution in [0, 0.1) is 0 Å². The fraction of sp³-hybridized carbons (Fsp3) is 0.278. The predicted molar refractivity (Wildman–Crippen MR) is 103 cm³/mol. The minimum absolute atomic E-state index is 0.0365. The molecule has 0 aliphatic heterocycles. The molecule has 0 atom stereocenters. The van der Waals surface area contributed by atoms with E-state index in [0.29, 0.717) is 18.0 Å². The molecule has 0 bridgehead atoms. The first-order valence-corrected chi connectivity index (χ1v) is 10.3. The van der Waals surface area contributed by atoms with Crippen LogP contribution in [-0.4, -0.2) is 32.6 Å². The van der Waals surface area contributed by atoms with E-state index in [4.69, 9.17) is 9.84 Å². The molecule has 0 amide bonds. The van der Waals surface area contributed by atoms with E-state index in [1.807, 2.05) is 6.92 Å². The first-order chi connectivity index (χ1) is 12.4. The quantitative estimate of drug-likeness (QED) is 0.637.